The molecule has 1 N–H and O–H groups in total. The Balaban J connectivity index is 0.000000972. The predicted molar refractivity (Wildman–Crippen MR) is 103 cm³/mol. The number of carboxylic acid groups (broad SMARTS) is 1. The van der Waals surface area contributed by atoms with Gasteiger partial charge in [-0.2, -0.15) is 0 Å². The van der Waals surface area contributed by atoms with Crippen LogP contribution in [0.5, 0.6) is 0 Å². The number of carbonyl (C=O) groups excluding carboxylic acids is 1. The zero-order chi connectivity index (χ0) is 18.6. The summed E-state index contributed by atoms with van der Waals surface area (Å²) < 4.78 is 4.29. The number of cyclic esters (lactones) is 1. The zero-order valence-corrected chi connectivity index (χ0v) is 16.1. The highest BCUT2D eigenvalue weighted by Gasteiger charge is 2.11. The summed E-state index contributed by atoms with van der Waals surface area (Å²) >= 11 is 0. The average Bonchev–Trinajstić information content (AvgIpc) is 2.57. The van der Waals surface area contributed by atoms with E-state index in [1.807, 2.05) is 0 Å². The van der Waals surface area contributed by atoms with Crippen LogP contribution in [0.15, 0.2) is 12.2 Å². The number of ether oxygens (including phenoxy) is 1. The standard InChI is InChI=1S/C18H34O2.C3H4O2/c1-2-3-4-5-6-7-8-9-10-11-12-13-14-15-16-17-18(19)20;4-3-1-2-5-3/h9-10H,2-8,11-17H2,1H3,(H,19,20);1-2H2. The minimum absolute atomic E-state index is 0.0648. The van der Waals surface area contributed by atoms with E-state index in [9.17, 15) is 9.59 Å². The van der Waals surface area contributed by atoms with E-state index in [0.717, 1.165) is 12.8 Å². The molecule has 1 aliphatic rings. The van der Waals surface area contributed by atoms with Gasteiger partial charge in [-0.15, -0.1) is 0 Å². The lowest BCUT2D eigenvalue weighted by Gasteiger charge is -2.09. The van der Waals surface area contributed by atoms with Gasteiger partial charge in [0, 0.05) is 6.42 Å². The third-order valence-corrected chi connectivity index (χ3v) is 4.22. The van der Waals surface area contributed by atoms with Crippen LogP contribution < -0.4 is 0 Å². The molecule has 0 saturated carbocycles. The second-order valence-corrected chi connectivity index (χ2v) is 6.70. The fourth-order valence-corrected chi connectivity index (χ4v) is 2.53. The van der Waals surface area contributed by atoms with E-state index in [1.165, 1.54) is 70.6 Å². The second kappa shape index (κ2) is 19.0. The number of esters is 1. The van der Waals surface area contributed by atoms with E-state index in [0.29, 0.717) is 19.4 Å². The summed E-state index contributed by atoms with van der Waals surface area (Å²) in [5, 5.41) is 8.51. The van der Waals surface area contributed by atoms with Crippen LogP contribution in [-0.2, 0) is 14.3 Å². The van der Waals surface area contributed by atoms with Crippen LogP contribution in [0, 0.1) is 0 Å². The molecular weight excluding hydrogens is 316 g/mol. The summed E-state index contributed by atoms with van der Waals surface area (Å²) in [6, 6.07) is 0. The van der Waals surface area contributed by atoms with Crippen molar-refractivity contribution in [3.63, 3.8) is 0 Å². The molecule has 0 unspecified atom stereocenters. The van der Waals surface area contributed by atoms with Gasteiger partial charge in [-0.3, -0.25) is 9.59 Å². The summed E-state index contributed by atoms with van der Waals surface area (Å²) in [5.74, 6) is -0.729. The fourth-order valence-electron chi connectivity index (χ4n) is 2.53. The van der Waals surface area contributed by atoms with Crippen molar-refractivity contribution in [1.82, 2.24) is 0 Å². The normalized spacial score (nSPS) is 13.1. The predicted octanol–water partition coefficient (Wildman–Crippen LogP) is 6.04. The highest BCUT2D eigenvalue weighted by Crippen LogP contribution is 2.09. The van der Waals surface area contributed by atoms with Gasteiger partial charge >= 0.3 is 11.9 Å². The van der Waals surface area contributed by atoms with Crippen molar-refractivity contribution in [2.45, 2.75) is 103 Å². The quantitative estimate of drug-likeness (QED) is 0.221. The van der Waals surface area contributed by atoms with E-state index in [4.69, 9.17) is 5.11 Å². The summed E-state index contributed by atoms with van der Waals surface area (Å²) in [4.78, 5) is 20.0. The molecule has 1 rings (SSSR count). The number of hydrogen-bond acceptors (Lipinski definition) is 3. The SMILES string of the molecule is CCCCCCCCC=CCCCCCCCC(=O)O.O=C1CCO1. The van der Waals surface area contributed by atoms with E-state index in [1.54, 1.807) is 0 Å². The largest absolute Gasteiger partial charge is 0.481 e. The molecule has 0 atom stereocenters. The van der Waals surface area contributed by atoms with E-state index < -0.39 is 5.97 Å². The van der Waals surface area contributed by atoms with Crippen molar-refractivity contribution >= 4 is 11.9 Å². The van der Waals surface area contributed by atoms with Gasteiger partial charge < -0.3 is 9.84 Å². The second-order valence-electron chi connectivity index (χ2n) is 6.70. The van der Waals surface area contributed by atoms with E-state index >= 15 is 0 Å². The molecule has 4 nitrogen and oxygen atoms in total. The lowest BCUT2D eigenvalue weighted by Crippen LogP contribution is -2.18. The Labute approximate surface area is 154 Å². The van der Waals surface area contributed by atoms with Crippen molar-refractivity contribution in [2.75, 3.05) is 6.61 Å². The molecule has 1 heterocycles. The molecule has 146 valence electrons. The highest BCUT2D eigenvalue weighted by molar-refractivity contribution is 5.73. The number of carboxylic acids is 1. The Bertz CT molecular complexity index is 344. The molecule has 1 fully saturated rings. The molecule has 1 aliphatic heterocycles. The van der Waals surface area contributed by atoms with Gasteiger partial charge in [0.15, 0.2) is 0 Å². The Morgan fingerprint density at radius 2 is 1.36 bits per heavy atom. The smallest absolute Gasteiger partial charge is 0.309 e. The molecule has 0 aromatic carbocycles. The van der Waals surface area contributed by atoms with E-state index in [2.05, 4.69) is 23.8 Å². The number of carbonyl (C=O) groups is 2. The number of aliphatic carboxylic acids is 1. The molecule has 0 spiro atoms. The first-order valence-electron chi connectivity index (χ1n) is 10.2. The Morgan fingerprint density at radius 1 is 0.920 bits per heavy atom. The van der Waals surface area contributed by atoms with Crippen LogP contribution in [0.1, 0.15) is 103 Å². The zero-order valence-electron chi connectivity index (χ0n) is 16.1. The summed E-state index contributed by atoms with van der Waals surface area (Å²) in [6.07, 6.45) is 21.9. The van der Waals surface area contributed by atoms with Crippen LogP contribution >= 0.6 is 0 Å². The van der Waals surface area contributed by atoms with Gasteiger partial charge in [0.2, 0.25) is 0 Å². The van der Waals surface area contributed by atoms with Crippen LogP contribution in [0.25, 0.3) is 0 Å². The highest BCUT2D eigenvalue weighted by atomic mass is 16.6. The molecular formula is C21H38O4. The maximum atomic E-state index is 10.3. The molecule has 0 aliphatic carbocycles. The topological polar surface area (TPSA) is 63.6 Å². The molecule has 0 amide bonds. The molecule has 0 bridgehead atoms. The first-order valence-corrected chi connectivity index (χ1v) is 10.2. The summed E-state index contributed by atoms with van der Waals surface area (Å²) in [5.41, 5.74) is 0. The molecule has 0 radical (unpaired) electrons. The minimum Gasteiger partial charge on any atom is -0.481 e. The number of unbranched alkanes of at least 4 members (excludes halogenated alkanes) is 11. The Morgan fingerprint density at radius 3 is 1.76 bits per heavy atom. The lowest BCUT2D eigenvalue weighted by molar-refractivity contribution is -0.157. The van der Waals surface area contributed by atoms with Crippen molar-refractivity contribution in [1.29, 1.82) is 0 Å². The maximum absolute atomic E-state index is 10.3. The van der Waals surface area contributed by atoms with Crippen molar-refractivity contribution in [3.8, 4) is 0 Å². The Hall–Kier alpha value is -1.32. The third kappa shape index (κ3) is 20.6. The van der Waals surface area contributed by atoms with Gasteiger partial charge in [-0.25, -0.2) is 0 Å². The van der Waals surface area contributed by atoms with Crippen LogP contribution in [-0.4, -0.2) is 23.7 Å². The van der Waals surface area contributed by atoms with Gasteiger partial charge in [-0.05, 0) is 32.1 Å². The first kappa shape index (κ1) is 23.7. The van der Waals surface area contributed by atoms with Gasteiger partial charge in [0.05, 0.1) is 6.42 Å². The van der Waals surface area contributed by atoms with Crippen molar-refractivity contribution in [2.24, 2.45) is 0 Å². The molecule has 1 saturated heterocycles. The van der Waals surface area contributed by atoms with Crippen LogP contribution in [0.4, 0.5) is 0 Å². The molecule has 0 aromatic heterocycles. The fraction of sp³-hybridized carbons (Fsp3) is 0.810. The van der Waals surface area contributed by atoms with Gasteiger partial charge in [-0.1, -0.05) is 70.4 Å². The average molecular weight is 355 g/mol. The Kier molecular flexibility index (Phi) is 18.0. The monoisotopic (exact) mass is 354 g/mol. The van der Waals surface area contributed by atoms with Gasteiger partial charge in [0.1, 0.15) is 6.61 Å². The lowest BCUT2D eigenvalue weighted by atomic mass is 10.1. The van der Waals surface area contributed by atoms with Crippen LogP contribution in [0.3, 0.4) is 0 Å². The third-order valence-electron chi connectivity index (χ3n) is 4.22. The number of rotatable bonds is 15. The van der Waals surface area contributed by atoms with Crippen molar-refractivity contribution < 1.29 is 19.4 Å². The summed E-state index contributed by atoms with van der Waals surface area (Å²) in [6.45, 7) is 2.90. The minimum atomic E-state index is -0.664. The summed E-state index contributed by atoms with van der Waals surface area (Å²) in [7, 11) is 0. The van der Waals surface area contributed by atoms with Crippen molar-refractivity contribution in [3.05, 3.63) is 12.2 Å². The number of allylic oxidation sites excluding steroid dienone is 2. The maximum Gasteiger partial charge on any atom is 0.309 e. The molecule has 25 heavy (non-hydrogen) atoms. The van der Waals surface area contributed by atoms with E-state index in [-0.39, 0.29) is 5.97 Å². The molecule has 4 heteroatoms. The van der Waals surface area contributed by atoms with Gasteiger partial charge in [0.25, 0.3) is 0 Å². The molecule has 0 aromatic rings. The van der Waals surface area contributed by atoms with Crippen LogP contribution in [0.2, 0.25) is 0 Å². The first-order chi connectivity index (χ1) is 12.2. The number of hydrogen-bond donors (Lipinski definition) is 1.